The molecule has 3 nitrogen and oxygen atoms in total. The van der Waals surface area contributed by atoms with Gasteiger partial charge in [-0.1, -0.05) is 0 Å². The van der Waals surface area contributed by atoms with Crippen molar-refractivity contribution in [2.45, 2.75) is 19.4 Å². The van der Waals surface area contributed by atoms with Gasteiger partial charge >= 0.3 is 0 Å². The number of nitrogens with two attached hydrogens (primary N) is 1. The lowest BCUT2D eigenvalue weighted by Gasteiger charge is -2.11. The quantitative estimate of drug-likeness (QED) is 0.770. The van der Waals surface area contributed by atoms with Gasteiger partial charge in [-0.15, -0.1) is 0 Å². The van der Waals surface area contributed by atoms with Crippen molar-refractivity contribution in [2.24, 2.45) is 0 Å². The van der Waals surface area contributed by atoms with Crippen LogP contribution in [0.5, 0.6) is 0 Å². The van der Waals surface area contributed by atoms with E-state index < -0.39 is 0 Å². The van der Waals surface area contributed by atoms with E-state index in [0.717, 1.165) is 29.2 Å². The summed E-state index contributed by atoms with van der Waals surface area (Å²) in [7, 11) is 0. The Hall–Kier alpha value is -1.16. The Morgan fingerprint density at radius 3 is 3.00 bits per heavy atom. The predicted octanol–water partition coefficient (Wildman–Crippen LogP) is 1.81. The zero-order valence-electron chi connectivity index (χ0n) is 9.32. The molecular formula is C12H16N2OS. The van der Waals surface area contributed by atoms with Crippen LogP contribution in [0.1, 0.15) is 22.3 Å². The normalized spacial score (nSPS) is 19.7. The van der Waals surface area contributed by atoms with Gasteiger partial charge in [-0.25, -0.2) is 0 Å². The fourth-order valence-electron chi connectivity index (χ4n) is 1.73. The molecule has 1 heterocycles. The second kappa shape index (κ2) is 4.78. The molecule has 1 aliphatic rings. The van der Waals surface area contributed by atoms with Crippen LogP contribution in [0.4, 0.5) is 5.69 Å². The van der Waals surface area contributed by atoms with E-state index in [9.17, 15) is 4.79 Å². The number of thioether (sulfide) groups is 1. The molecule has 0 aromatic heterocycles. The maximum atomic E-state index is 11.9. The zero-order chi connectivity index (χ0) is 11.5. The van der Waals surface area contributed by atoms with Gasteiger partial charge in [-0.2, -0.15) is 11.8 Å². The third-order valence-electron chi connectivity index (χ3n) is 2.80. The Bertz CT molecular complexity index is 400. The van der Waals surface area contributed by atoms with Crippen LogP contribution >= 0.6 is 11.8 Å². The van der Waals surface area contributed by atoms with Gasteiger partial charge in [0.25, 0.3) is 5.91 Å². The van der Waals surface area contributed by atoms with Crippen LogP contribution in [0.25, 0.3) is 0 Å². The second-order valence-corrected chi connectivity index (χ2v) is 5.26. The molecule has 86 valence electrons. The van der Waals surface area contributed by atoms with Gasteiger partial charge in [0.1, 0.15) is 0 Å². The van der Waals surface area contributed by atoms with Crippen LogP contribution in [-0.4, -0.2) is 23.5 Å². The summed E-state index contributed by atoms with van der Waals surface area (Å²) in [5, 5.41) is 3.04. The highest BCUT2D eigenvalue weighted by Gasteiger charge is 2.18. The van der Waals surface area contributed by atoms with Crippen LogP contribution in [0, 0.1) is 6.92 Å². The predicted molar refractivity (Wildman–Crippen MR) is 68.8 cm³/mol. The number of hydrogen-bond donors (Lipinski definition) is 2. The van der Waals surface area contributed by atoms with E-state index in [4.69, 9.17) is 5.73 Å². The van der Waals surface area contributed by atoms with E-state index in [2.05, 4.69) is 5.32 Å². The molecule has 1 atom stereocenters. The lowest BCUT2D eigenvalue weighted by molar-refractivity contribution is 0.0941. The molecule has 1 saturated heterocycles. The number of carbonyl (C=O) groups excluding carboxylic acids is 1. The van der Waals surface area contributed by atoms with Gasteiger partial charge in [-0.3, -0.25) is 4.79 Å². The molecule has 1 aromatic carbocycles. The standard InChI is InChI=1S/C12H16N2OS/c1-8-6-9(2-3-11(8)13)12(15)14-10-4-5-16-7-10/h2-3,6,10H,4-5,7,13H2,1H3,(H,14,15). The Kier molecular flexibility index (Phi) is 3.39. The van der Waals surface area contributed by atoms with E-state index >= 15 is 0 Å². The van der Waals surface area contributed by atoms with Gasteiger partial charge in [-0.05, 0) is 42.9 Å². The van der Waals surface area contributed by atoms with Gasteiger partial charge in [0, 0.05) is 23.0 Å². The van der Waals surface area contributed by atoms with Gasteiger partial charge in [0.2, 0.25) is 0 Å². The van der Waals surface area contributed by atoms with E-state index in [-0.39, 0.29) is 5.91 Å². The maximum Gasteiger partial charge on any atom is 0.251 e. The molecule has 0 spiro atoms. The summed E-state index contributed by atoms with van der Waals surface area (Å²) in [6.45, 7) is 1.91. The molecule has 0 saturated carbocycles. The fraction of sp³-hybridized carbons (Fsp3) is 0.417. The molecular weight excluding hydrogens is 220 g/mol. The first-order valence-electron chi connectivity index (χ1n) is 5.41. The summed E-state index contributed by atoms with van der Waals surface area (Å²) in [6.07, 6.45) is 1.07. The summed E-state index contributed by atoms with van der Waals surface area (Å²) in [4.78, 5) is 11.9. The van der Waals surface area contributed by atoms with Crippen LogP contribution in [0.2, 0.25) is 0 Å². The molecule has 1 amide bonds. The van der Waals surface area contributed by atoms with Crippen LogP contribution in [-0.2, 0) is 0 Å². The Morgan fingerprint density at radius 2 is 2.38 bits per heavy atom. The Morgan fingerprint density at radius 1 is 1.56 bits per heavy atom. The van der Waals surface area contributed by atoms with Gasteiger partial charge in [0.05, 0.1) is 0 Å². The van der Waals surface area contributed by atoms with Gasteiger partial charge < -0.3 is 11.1 Å². The van der Waals surface area contributed by atoms with Crippen LogP contribution in [0.3, 0.4) is 0 Å². The minimum atomic E-state index is 0.00981. The lowest BCUT2D eigenvalue weighted by atomic mass is 10.1. The smallest absolute Gasteiger partial charge is 0.251 e. The van der Waals surface area contributed by atoms with Crippen molar-refractivity contribution in [3.63, 3.8) is 0 Å². The van der Waals surface area contributed by atoms with Crippen molar-refractivity contribution < 1.29 is 4.79 Å². The molecule has 2 rings (SSSR count). The molecule has 1 aromatic rings. The second-order valence-electron chi connectivity index (χ2n) is 4.11. The summed E-state index contributed by atoms with van der Waals surface area (Å²) >= 11 is 1.89. The summed E-state index contributed by atoms with van der Waals surface area (Å²) in [5.41, 5.74) is 8.10. The fourth-order valence-corrected chi connectivity index (χ4v) is 2.89. The largest absolute Gasteiger partial charge is 0.399 e. The molecule has 1 fully saturated rings. The first kappa shape index (κ1) is 11.3. The number of benzene rings is 1. The third kappa shape index (κ3) is 2.50. The average molecular weight is 236 g/mol. The van der Waals surface area contributed by atoms with E-state index in [1.807, 2.05) is 24.8 Å². The van der Waals surface area contributed by atoms with Crippen molar-refractivity contribution in [3.8, 4) is 0 Å². The maximum absolute atomic E-state index is 11.9. The molecule has 1 unspecified atom stereocenters. The highest BCUT2D eigenvalue weighted by Crippen LogP contribution is 2.18. The van der Waals surface area contributed by atoms with Crippen LogP contribution in [0.15, 0.2) is 18.2 Å². The highest BCUT2D eigenvalue weighted by molar-refractivity contribution is 7.99. The zero-order valence-corrected chi connectivity index (χ0v) is 10.1. The van der Waals surface area contributed by atoms with Crippen LogP contribution < -0.4 is 11.1 Å². The number of hydrogen-bond acceptors (Lipinski definition) is 3. The number of nitrogens with one attached hydrogen (secondary N) is 1. The van der Waals surface area contributed by atoms with Crippen molar-refractivity contribution in [1.82, 2.24) is 5.32 Å². The molecule has 16 heavy (non-hydrogen) atoms. The summed E-state index contributed by atoms with van der Waals surface area (Å²) < 4.78 is 0. The molecule has 0 bridgehead atoms. The Labute approximate surface area is 99.8 Å². The minimum absolute atomic E-state index is 0.00981. The van der Waals surface area contributed by atoms with Gasteiger partial charge in [0.15, 0.2) is 0 Å². The number of rotatable bonds is 2. The topological polar surface area (TPSA) is 55.1 Å². The van der Waals surface area contributed by atoms with Crippen molar-refractivity contribution in [2.75, 3.05) is 17.2 Å². The van der Waals surface area contributed by atoms with Crippen molar-refractivity contribution in [3.05, 3.63) is 29.3 Å². The summed E-state index contributed by atoms with van der Waals surface area (Å²) in [6, 6.07) is 5.73. The molecule has 4 heteroatoms. The first-order chi connectivity index (χ1) is 7.66. The molecule has 3 N–H and O–H groups in total. The SMILES string of the molecule is Cc1cc(C(=O)NC2CCSC2)ccc1N. The Balaban J connectivity index is 2.05. The number of carbonyl (C=O) groups is 1. The van der Waals surface area contributed by atoms with Crippen molar-refractivity contribution >= 4 is 23.4 Å². The number of amides is 1. The van der Waals surface area contributed by atoms with E-state index in [0.29, 0.717) is 11.6 Å². The monoisotopic (exact) mass is 236 g/mol. The third-order valence-corrected chi connectivity index (χ3v) is 3.96. The lowest BCUT2D eigenvalue weighted by Crippen LogP contribution is -2.34. The number of nitrogen functional groups attached to an aromatic ring is 1. The average Bonchev–Trinajstić information content (AvgIpc) is 2.74. The number of anilines is 1. The molecule has 0 aliphatic carbocycles. The van der Waals surface area contributed by atoms with Crippen molar-refractivity contribution in [1.29, 1.82) is 0 Å². The highest BCUT2D eigenvalue weighted by atomic mass is 32.2. The minimum Gasteiger partial charge on any atom is -0.399 e. The number of aryl methyl sites for hydroxylation is 1. The molecule has 0 radical (unpaired) electrons. The first-order valence-corrected chi connectivity index (χ1v) is 6.57. The van der Waals surface area contributed by atoms with E-state index in [1.165, 1.54) is 0 Å². The van der Waals surface area contributed by atoms with E-state index in [1.54, 1.807) is 12.1 Å². The summed E-state index contributed by atoms with van der Waals surface area (Å²) in [5.74, 6) is 2.18. The molecule has 1 aliphatic heterocycles.